The van der Waals surface area contributed by atoms with Crippen molar-refractivity contribution in [2.45, 2.75) is 33.6 Å². The van der Waals surface area contributed by atoms with Gasteiger partial charge in [-0.15, -0.1) is 0 Å². The van der Waals surface area contributed by atoms with Crippen molar-refractivity contribution in [1.29, 1.82) is 0 Å². The monoisotopic (exact) mass is 760 g/mol. The molecule has 0 aliphatic heterocycles. The smallest absolute Gasteiger partial charge is 0.336 e. The number of benzene rings is 5. The summed E-state index contributed by atoms with van der Waals surface area (Å²) in [4.78, 5) is 35.2. The van der Waals surface area contributed by atoms with Crippen LogP contribution < -0.4 is 14.2 Å². The van der Waals surface area contributed by atoms with Crippen LogP contribution in [0, 0.1) is 0 Å². The molecule has 0 saturated carbocycles. The lowest BCUT2D eigenvalue weighted by Gasteiger charge is -2.07. The Kier molecular flexibility index (Phi) is 15.2. The van der Waals surface area contributed by atoms with Crippen LogP contribution in [-0.2, 0) is 19.1 Å². The topological polar surface area (TPSA) is 113 Å². The highest BCUT2D eigenvalue weighted by molar-refractivity contribution is 6.02. The van der Waals surface area contributed by atoms with E-state index in [2.05, 4.69) is 16.8 Å². The summed E-state index contributed by atoms with van der Waals surface area (Å²) in [6.07, 6.45) is 8.68. The third-order valence-electron chi connectivity index (χ3n) is 8.58. The molecule has 0 bridgehead atoms. The van der Waals surface area contributed by atoms with Gasteiger partial charge in [0.2, 0.25) is 0 Å². The summed E-state index contributed by atoms with van der Waals surface area (Å²) >= 11 is 0. The molecule has 0 unspecified atom stereocenters. The number of hydrogen-bond acceptors (Lipinski definition) is 9. The van der Waals surface area contributed by atoms with Crippen LogP contribution in [-0.4, -0.2) is 42.5 Å². The lowest BCUT2D eigenvalue weighted by Crippen LogP contribution is -2.04. The van der Waals surface area contributed by atoms with Crippen molar-refractivity contribution in [3.8, 4) is 39.5 Å². The molecule has 0 saturated heterocycles. The van der Waals surface area contributed by atoms with Crippen molar-refractivity contribution in [1.82, 2.24) is 0 Å². The van der Waals surface area contributed by atoms with Gasteiger partial charge in [-0.3, -0.25) is 0 Å². The van der Waals surface area contributed by atoms with E-state index in [0.29, 0.717) is 36.9 Å². The first-order valence-electron chi connectivity index (χ1n) is 18.5. The lowest BCUT2D eigenvalue weighted by molar-refractivity contribution is -0.138. The molecule has 0 fully saturated rings. The Hall–Kier alpha value is -7.13. The zero-order valence-electron chi connectivity index (χ0n) is 32.2. The Balaban J connectivity index is 1.08. The minimum atomic E-state index is -0.484. The van der Waals surface area contributed by atoms with Gasteiger partial charge in [0.25, 0.3) is 0 Å². The molecule has 0 atom stereocenters. The maximum absolute atomic E-state index is 12.5. The fraction of sp³-hybridized carbons (Fsp3) is 0.146. The first kappa shape index (κ1) is 41.0. The predicted octanol–water partition coefficient (Wildman–Crippen LogP) is 10.2. The number of esters is 3. The number of carbonyl (C=O) groups is 3. The van der Waals surface area contributed by atoms with Crippen molar-refractivity contribution in [2.24, 2.45) is 10.2 Å². The fourth-order valence-corrected chi connectivity index (χ4v) is 5.41. The van der Waals surface area contributed by atoms with Gasteiger partial charge in [-0.1, -0.05) is 97.6 Å². The number of nitrogens with zero attached hydrogens (tertiary/aromatic N) is 2. The largest absolute Gasteiger partial charge is 0.494 e. The van der Waals surface area contributed by atoms with E-state index in [1.54, 1.807) is 43.3 Å². The van der Waals surface area contributed by atoms with E-state index in [9.17, 15) is 14.4 Å². The maximum atomic E-state index is 12.5. The molecule has 0 spiro atoms. The number of carbonyl (C=O) groups excluding carboxylic acids is 3. The Morgan fingerprint density at radius 2 is 0.965 bits per heavy atom. The van der Waals surface area contributed by atoms with Crippen LogP contribution in [0.4, 0.5) is 0 Å². The molecule has 0 aliphatic carbocycles. The highest BCUT2D eigenvalue weighted by atomic mass is 16.5. The van der Waals surface area contributed by atoms with E-state index in [0.717, 1.165) is 62.9 Å². The molecule has 0 aliphatic rings. The second kappa shape index (κ2) is 21.1. The zero-order chi connectivity index (χ0) is 40.4. The number of hydrogen-bond donors (Lipinski definition) is 0. The molecule has 0 amide bonds. The highest BCUT2D eigenvalue weighted by Crippen LogP contribution is 2.25. The average Bonchev–Trinajstić information content (AvgIpc) is 3.24. The van der Waals surface area contributed by atoms with Crippen LogP contribution in [0.25, 0.3) is 28.3 Å². The van der Waals surface area contributed by atoms with Gasteiger partial charge >= 0.3 is 17.9 Å². The van der Waals surface area contributed by atoms with E-state index in [4.69, 9.17) is 18.9 Å². The van der Waals surface area contributed by atoms with E-state index < -0.39 is 17.9 Å². The zero-order valence-corrected chi connectivity index (χ0v) is 32.2. The molecule has 288 valence electrons. The summed E-state index contributed by atoms with van der Waals surface area (Å²) in [5.74, 6) is 0.333. The second-order valence-corrected chi connectivity index (χ2v) is 12.7. The third-order valence-corrected chi connectivity index (χ3v) is 8.58. The highest BCUT2D eigenvalue weighted by Gasteiger charge is 2.07. The molecule has 9 heteroatoms. The van der Waals surface area contributed by atoms with E-state index >= 15 is 0 Å². The van der Waals surface area contributed by atoms with Gasteiger partial charge in [0.15, 0.2) is 0 Å². The van der Waals surface area contributed by atoms with Crippen molar-refractivity contribution >= 4 is 35.4 Å². The molecule has 0 N–H and O–H groups in total. The molecule has 0 aromatic heterocycles. The van der Waals surface area contributed by atoms with Gasteiger partial charge < -0.3 is 18.9 Å². The normalized spacial score (nSPS) is 11.7. The van der Waals surface area contributed by atoms with Gasteiger partial charge in [0.05, 0.1) is 24.6 Å². The van der Waals surface area contributed by atoms with Gasteiger partial charge in [-0.05, 0) is 115 Å². The molecular formula is C48H44N2O7. The lowest BCUT2D eigenvalue weighted by atomic mass is 10.0. The predicted molar refractivity (Wildman–Crippen MR) is 226 cm³/mol. The molecule has 9 nitrogen and oxygen atoms in total. The van der Waals surface area contributed by atoms with Crippen molar-refractivity contribution < 1.29 is 33.3 Å². The number of rotatable bonds is 17. The molecule has 5 aromatic carbocycles. The maximum Gasteiger partial charge on any atom is 0.336 e. The molecule has 5 rings (SSSR count). The first-order valence-corrected chi connectivity index (χ1v) is 18.5. The average molecular weight is 761 g/mol. The van der Waals surface area contributed by atoms with E-state index in [-0.39, 0.29) is 0 Å². The minimum absolute atomic E-state index is 0.333. The molecule has 57 heavy (non-hydrogen) atoms. The van der Waals surface area contributed by atoms with E-state index in [1.165, 1.54) is 12.2 Å². The molecule has 0 heterocycles. The fourth-order valence-electron chi connectivity index (χ4n) is 5.41. The Morgan fingerprint density at radius 1 is 0.544 bits per heavy atom. The van der Waals surface area contributed by atoms with Crippen LogP contribution in [0.1, 0.15) is 50.3 Å². The molecular weight excluding hydrogens is 717 g/mol. The molecule has 0 radical (unpaired) electrons. The number of allylic oxidation sites excluding steroid dienone is 1. The number of ether oxygens (including phenoxy) is 4. The first-order chi connectivity index (χ1) is 27.7. The van der Waals surface area contributed by atoms with Crippen LogP contribution in [0.5, 0.6) is 17.2 Å². The Labute approximate surface area is 333 Å². The summed E-state index contributed by atoms with van der Waals surface area (Å²) in [7, 11) is 0. The van der Waals surface area contributed by atoms with Gasteiger partial charge in [-0.25, -0.2) is 14.4 Å². The molecule has 5 aromatic rings. The van der Waals surface area contributed by atoms with Crippen LogP contribution in [0.3, 0.4) is 0 Å². The standard InChI is InChI=1S/C48H44N2O7/c1-5-9-47(52)56-44-27-21-41(22-28-44)39-17-13-37(14-18-39)34(3)49-50-35(4)38-15-19-40(20-16-38)42-23-29-45(30-24-42)57-48(53)31-12-36-10-25-43(26-11-36)54-32-7-8-33-55-46(51)6-2/h5-6,9-31H,2,7-8,32-33H2,1,3-4H3/b9-5+,31-12+,49-34+,50-35+. The van der Waals surface area contributed by atoms with Crippen LogP contribution >= 0.6 is 0 Å². The summed E-state index contributed by atoms with van der Waals surface area (Å²) in [5.41, 5.74) is 8.33. The van der Waals surface area contributed by atoms with E-state index in [1.807, 2.05) is 111 Å². The van der Waals surface area contributed by atoms with Gasteiger partial charge in [0, 0.05) is 18.2 Å². The van der Waals surface area contributed by atoms with Crippen molar-refractivity contribution in [2.75, 3.05) is 13.2 Å². The van der Waals surface area contributed by atoms with Gasteiger partial charge in [-0.2, -0.15) is 10.2 Å². The Morgan fingerprint density at radius 3 is 1.42 bits per heavy atom. The van der Waals surface area contributed by atoms with Crippen LogP contribution in [0.15, 0.2) is 162 Å². The summed E-state index contributed by atoms with van der Waals surface area (Å²) in [6.45, 7) is 9.81. The van der Waals surface area contributed by atoms with Gasteiger partial charge in [0.1, 0.15) is 17.2 Å². The third kappa shape index (κ3) is 13.0. The quantitative estimate of drug-likeness (QED) is 0.0232. The Bertz CT molecular complexity index is 2250. The van der Waals surface area contributed by atoms with Crippen LogP contribution in [0.2, 0.25) is 0 Å². The summed E-state index contributed by atoms with van der Waals surface area (Å²) in [5, 5.41) is 8.97. The minimum Gasteiger partial charge on any atom is -0.494 e. The summed E-state index contributed by atoms with van der Waals surface area (Å²) in [6, 6.07) is 38.2. The SMILES string of the molecule is C=CC(=O)OCCCCOc1ccc(/C=C/C(=O)Oc2ccc(-c3ccc(/C(C)=N/N=C(\C)c4ccc(-c5ccc(OC(=O)/C=C/C)cc5)cc4)cc3)cc2)cc1. The van der Waals surface area contributed by atoms with Crippen molar-refractivity contribution in [3.63, 3.8) is 0 Å². The van der Waals surface area contributed by atoms with Crippen molar-refractivity contribution in [3.05, 3.63) is 169 Å². The number of unbranched alkanes of at least 4 members (excludes halogenated alkanes) is 1. The summed E-state index contributed by atoms with van der Waals surface area (Å²) < 4.78 is 21.4. The second-order valence-electron chi connectivity index (χ2n) is 12.7.